The molecule has 0 aromatic carbocycles. The summed E-state index contributed by atoms with van der Waals surface area (Å²) in [5.41, 5.74) is 2.40. The predicted octanol–water partition coefficient (Wildman–Crippen LogP) is 1.39. The van der Waals surface area contributed by atoms with Crippen molar-refractivity contribution in [3.8, 4) is 0 Å². The minimum atomic E-state index is -0.918. The number of amides is 1. The third-order valence-electron chi connectivity index (χ3n) is 2.97. The molecule has 1 saturated heterocycles. The van der Waals surface area contributed by atoms with Gasteiger partial charge in [-0.2, -0.15) is 0 Å². The van der Waals surface area contributed by atoms with Gasteiger partial charge < -0.3 is 10.0 Å². The minimum Gasteiger partial charge on any atom is -0.480 e. The summed E-state index contributed by atoms with van der Waals surface area (Å²) in [6, 6.07) is -0.672. The van der Waals surface area contributed by atoms with Crippen molar-refractivity contribution in [3.63, 3.8) is 0 Å². The maximum atomic E-state index is 12.2. The lowest BCUT2D eigenvalue weighted by Crippen LogP contribution is -2.40. The molecule has 92 valence electrons. The Morgan fingerprint density at radius 1 is 1.65 bits per heavy atom. The molecule has 0 radical (unpaired) electrons. The molecule has 6 heteroatoms. The van der Waals surface area contributed by atoms with Crippen molar-refractivity contribution in [3.05, 3.63) is 16.1 Å². The summed E-state index contributed by atoms with van der Waals surface area (Å²) >= 11 is 1.29. The summed E-state index contributed by atoms with van der Waals surface area (Å²) in [4.78, 5) is 29.4. The van der Waals surface area contributed by atoms with Crippen molar-refractivity contribution >= 4 is 23.2 Å². The summed E-state index contributed by atoms with van der Waals surface area (Å²) in [6.45, 7) is 2.46. The van der Waals surface area contributed by atoms with Crippen molar-refractivity contribution in [1.82, 2.24) is 9.88 Å². The maximum Gasteiger partial charge on any atom is 0.326 e. The SMILES string of the molecule is CCc1ncsc1C(=O)N1CCC[C@H]1C(=O)O. The van der Waals surface area contributed by atoms with Crippen LogP contribution in [-0.2, 0) is 11.2 Å². The Hall–Kier alpha value is -1.43. The number of aliphatic carboxylic acids is 1. The minimum absolute atomic E-state index is 0.186. The van der Waals surface area contributed by atoms with Crippen LogP contribution in [0.4, 0.5) is 0 Å². The molecule has 0 saturated carbocycles. The number of carbonyl (C=O) groups excluding carboxylic acids is 1. The molecule has 2 heterocycles. The smallest absolute Gasteiger partial charge is 0.326 e. The number of likely N-dealkylation sites (tertiary alicyclic amines) is 1. The van der Waals surface area contributed by atoms with E-state index in [0.29, 0.717) is 24.3 Å². The van der Waals surface area contributed by atoms with Crippen molar-refractivity contribution in [2.75, 3.05) is 6.54 Å². The Bertz CT molecular complexity index is 444. The summed E-state index contributed by atoms with van der Waals surface area (Å²) in [5, 5.41) is 9.05. The largest absolute Gasteiger partial charge is 0.480 e. The molecule has 0 aliphatic carbocycles. The van der Waals surface area contributed by atoms with Gasteiger partial charge in [-0.25, -0.2) is 9.78 Å². The second-order valence-corrected chi connectivity index (χ2v) is 4.83. The zero-order valence-electron chi connectivity index (χ0n) is 9.55. The van der Waals surface area contributed by atoms with E-state index in [9.17, 15) is 9.59 Å². The van der Waals surface area contributed by atoms with Crippen LogP contribution in [-0.4, -0.2) is 39.5 Å². The molecule has 0 unspecified atom stereocenters. The Morgan fingerprint density at radius 2 is 2.41 bits per heavy atom. The fourth-order valence-electron chi connectivity index (χ4n) is 2.09. The number of carboxylic acids is 1. The summed E-state index contributed by atoms with van der Waals surface area (Å²) < 4.78 is 0. The quantitative estimate of drug-likeness (QED) is 0.885. The number of aromatic nitrogens is 1. The monoisotopic (exact) mass is 254 g/mol. The molecule has 17 heavy (non-hydrogen) atoms. The van der Waals surface area contributed by atoms with Crippen molar-refractivity contribution < 1.29 is 14.7 Å². The van der Waals surface area contributed by atoms with E-state index in [-0.39, 0.29) is 5.91 Å². The van der Waals surface area contributed by atoms with Gasteiger partial charge in [0.15, 0.2) is 0 Å². The van der Waals surface area contributed by atoms with Crippen LogP contribution in [0, 0.1) is 0 Å². The Morgan fingerprint density at radius 3 is 3.06 bits per heavy atom. The van der Waals surface area contributed by atoms with Crippen LogP contribution in [0.25, 0.3) is 0 Å². The molecule has 1 aliphatic heterocycles. The fraction of sp³-hybridized carbons (Fsp3) is 0.545. The van der Waals surface area contributed by atoms with E-state index in [1.54, 1.807) is 5.51 Å². The highest BCUT2D eigenvalue weighted by Gasteiger charge is 2.35. The first-order chi connectivity index (χ1) is 8.15. The highest BCUT2D eigenvalue weighted by atomic mass is 32.1. The third kappa shape index (κ3) is 2.17. The summed E-state index contributed by atoms with van der Waals surface area (Å²) in [6.07, 6.45) is 1.99. The lowest BCUT2D eigenvalue weighted by Gasteiger charge is -2.20. The molecular weight excluding hydrogens is 240 g/mol. The van der Waals surface area contributed by atoms with Crippen LogP contribution in [0.2, 0.25) is 0 Å². The molecule has 1 aliphatic rings. The zero-order chi connectivity index (χ0) is 12.4. The fourth-order valence-corrected chi connectivity index (χ4v) is 2.93. The first-order valence-corrected chi connectivity index (χ1v) is 6.49. The number of aryl methyl sites for hydroxylation is 1. The number of nitrogens with zero attached hydrogens (tertiary/aromatic N) is 2. The molecule has 0 spiro atoms. The van der Waals surface area contributed by atoms with Crippen molar-refractivity contribution in [2.45, 2.75) is 32.2 Å². The summed E-state index contributed by atoms with van der Waals surface area (Å²) in [5.74, 6) is -1.10. The Labute approximate surface area is 103 Å². The number of thiazole rings is 1. The lowest BCUT2D eigenvalue weighted by molar-refractivity contribution is -0.141. The number of carboxylic acid groups (broad SMARTS) is 1. The average molecular weight is 254 g/mol. The van der Waals surface area contributed by atoms with Gasteiger partial charge in [0.2, 0.25) is 0 Å². The van der Waals surface area contributed by atoms with Crippen LogP contribution in [0.5, 0.6) is 0 Å². The van der Waals surface area contributed by atoms with E-state index in [1.165, 1.54) is 16.2 Å². The predicted molar refractivity (Wildman–Crippen MR) is 63.2 cm³/mol. The Balaban J connectivity index is 2.23. The van der Waals surface area contributed by atoms with Gasteiger partial charge in [-0.1, -0.05) is 6.92 Å². The molecule has 1 aromatic rings. The van der Waals surface area contributed by atoms with Crippen LogP contribution in [0.1, 0.15) is 35.1 Å². The highest BCUT2D eigenvalue weighted by Crippen LogP contribution is 2.23. The molecule has 1 aromatic heterocycles. The number of carbonyl (C=O) groups is 2. The topological polar surface area (TPSA) is 70.5 Å². The van der Waals surface area contributed by atoms with Crippen LogP contribution < -0.4 is 0 Å². The van der Waals surface area contributed by atoms with Crippen molar-refractivity contribution in [2.24, 2.45) is 0 Å². The van der Waals surface area contributed by atoms with Gasteiger partial charge in [-0.3, -0.25) is 4.79 Å². The van der Waals surface area contributed by atoms with E-state index in [0.717, 1.165) is 12.1 Å². The lowest BCUT2D eigenvalue weighted by atomic mass is 10.2. The summed E-state index contributed by atoms with van der Waals surface area (Å²) in [7, 11) is 0. The zero-order valence-corrected chi connectivity index (χ0v) is 10.4. The van der Waals surface area contributed by atoms with Gasteiger partial charge in [0.05, 0.1) is 11.2 Å². The number of rotatable bonds is 3. The molecule has 1 fully saturated rings. The molecule has 1 atom stereocenters. The molecular formula is C11H14N2O3S. The normalized spacial score (nSPS) is 19.6. The van der Waals surface area contributed by atoms with Crippen LogP contribution in [0.15, 0.2) is 5.51 Å². The standard InChI is InChI=1S/C11H14N2O3S/c1-2-7-9(17-6-12-7)10(14)13-5-3-4-8(13)11(15)16/h6,8H,2-5H2,1H3,(H,15,16)/t8-/m0/s1. The van der Waals surface area contributed by atoms with E-state index in [4.69, 9.17) is 5.11 Å². The van der Waals surface area contributed by atoms with E-state index < -0.39 is 12.0 Å². The van der Waals surface area contributed by atoms with Crippen LogP contribution >= 0.6 is 11.3 Å². The van der Waals surface area contributed by atoms with Gasteiger partial charge in [-0.15, -0.1) is 11.3 Å². The van der Waals surface area contributed by atoms with Crippen molar-refractivity contribution in [1.29, 1.82) is 0 Å². The van der Waals surface area contributed by atoms with Gasteiger partial charge >= 0.3 is 5.97 Å². The number of hydrogen-bond acceptors (Lipinski definition) is 4. The molecule has 1 N–H and O–H groups in total. The van der Waals surface area contributed by atoms with Gasteiger partial charge in [0.25, 0.3) is 5.91 Å². The van der Waals surface area contributed by atoms with Gasteiger partial charge in [0, 0.05) is 6.54 Å². The maximum absolute atomic E-state index is 12.2. The van der Waals surface area contributed by atoms with E-state index >= 15 is 0 Å². The second-order valence-electron chi connectivity index (χ2n) is 3.98. The van der Waals surface area contributed by atoms with Crippen LogP contribution in [0.3, 0.4) is 0 Å². The van der Waals surface area contributed by atoms with Gasteiger partial charge in [-0.05, 0) is 19.3 Å². The first kappa shape index (κ1) is 12.0. The second kappa shape index (κ2) is 4.83. The first-order valence-electron chi connectivity index (χ1n) is 5.61. The number of hydrogen-bond donors (Lipinski definition) is 1. The van der Waals surface area contributed by atoms with Gasteiger partial charge in [0.1, 0.15) is 10.9 Å². The molecule has 5 nitrogen and oxygen atoms in total. The van der Waals surface area contributed by atoms with E-state index in [2.05, 4.69) is 4.98 Å². The highest BCUT2D eigenvalue weighted by molar-refractivity contribution is 7.11. The molecule has 2 rings (SSSR count). The Kier molecular flexibility index (Phi) is 3.42. The molecule has 0 bridgehead atoms. The van der Waals surface area contributed by atoms with E-state index in [1.807, 2.05) is 6.92 Å². The average Bonchev–Trinajstić information content (AvgIpc) is 2.96. The molecule has 1 amide bonds. The third-order valence-corrected chi connectivity index (χ3v) is 3.83.